The first-order chi connectivity index (χ1) is 11.3. The Labute approximate surface area is 141 Å². The van der Waals surface area contributed by atoms with Gasteiger partial charge in [-0.2, -0.15) is 13.2 Å². The first-order valence-electron chi connectivity index (χ1n) is 6.67. The predicted octanol–water partition coefficient (Wildman–Crippen LogP) is 4.63. The molecule has 0 saturated carbocycles. The van der Waals surface area contributed by atoms with Crippen LogP contribution in [0.5, 0.6) is 11.5 Å². The highest BCUT2D eigenvalue weighted by atomic mass is 35.5. The molecule has 0 aliphatic rings. The van der Waals surface area contributed by atoms with Crippen LogP contribution in [0, 0.1) is 0 Å². The third-order valence-electron chi connectivity index (χ3n) is 3.20. The Balaban J connectivity index is 2.34. The van der Waals surface area contributed by atoms with Crippen LogP contribution >= 0.6 is 11.6 Å². The van der Waals surface area contributed by atoms with Crippen LogP contribution < -0.4 is 14.8 Å². The molecule has 0 heterocycles. The Bertz CT molecular complexity index is 740. The molecule has 0 unspecified atom stereocenters. The maximum Gasteiger partial charge on any atom is 0.416 e. The summed E-state index contributed by atoms with van der Waals surface area (Å²) in [6.07, 6.45) is -4.52. The molecule has 2 aromatic rings. The number of carbonyl (C=O) groups excluding carboxylic acids is 1. The summed E-state index contributed by atoms with van der Waals surface area (Å²) < 4.78 is 48.2. The van der Waals surface area contributed by atoms with Gasteiger partial charge in [0.25, 0.3) is 5.91 Å². The largest absolute Gasteiger partial charge is 0.496 e. The molecule has 0 aromatic heterocycles. The van der Waals surface area contributed by atoms with Crippen molar-refractivity contribution < 1.29 is 27.4 Å². The highest BCUT2D eigenvalue weighted by Crippen LogP contribution is 2.35. The molecule has 0 radical (unpaired) electrons. The van der Waals surface area contributed by atoms with Crippen LogP contribution in [-0.4, -0.2) is 20.1 Å². The predicted molar refractivity (Wildman–Crippen MR) is 84.0 cm³/mol. The fourth-order valence-corrected chi connectivity index (χ4v) is 2.28. The van der Waals surface area contributed by atoms with Gasteiger partial charge in [-0.15, -0.1) is 0 Å². The van der Waals surface area contributed by atoms with E-state index in [1.165, 1.54) is 14.2 Å². The molecule has 4 nitrogen and oxygen atoms in total. The van der Waals surface area contributed by atoms with E-state index in [0.29, 0.717) is 0 Å². The number of alkyl halides is 3. The van der Waals surface area contributed by atoms with Gasteiger partial charge in [0.2, 0.25) is 0 Å². The van der Waals surface area contributed by atoms with E-state index in [4.69, 9.17) is 21.1 Å². The van der Waals surface area contributed by atoms with Gasteiger partial charge >= 0.3 is 6.18 Å². The fraction of sp³-hybridized carbons (Fsp3) is 0.188. The number of nitrogens with one attached hydrogen (secondary N) is 1. The summed E-state index contributed by atoms with van der Waals surface area (Å²) in [6.45, 7) is 0. The van der Waals surface area contributed by atoms with Crippen LogP contribution in [0.15, 0.2) is 36.4 Å². The molecule has 1 amide bonds. The number of benzene rings is 2. The summed E-state index contributed by atoms with van der Waals surface area (Å²) in [4.78, 5) is 12.5. The first-order valence-corrected chi connectivity index (χ1v) is 7.04. The minimum absolute atomic E-state index is 0.0441. The first kappa shape index (κ1) is 17.9. The lowest BCUT2D eigenvalue weighted by molar-refractivity contribution is -0.137. The standard InChI is InChI=1S/C16H13ClF3NO3/c1-23-12-4-3-5-13(24-2)14(12)15(22)21-11-7-6-9(8-10(11)17)16(18,19)20/h3-8H,1-2H3,(H,21,22). The van der Waals surface area contributed by atoms with Gasteiger partial charge in [0.15, 0.2) is 0 Å². The quantitative estimate of drug-likeness (QED) is 0.866. The molecule has 0 spiro atoms. The fourth-order valence-electron chi connectivity index (χ4n) is 2.05. The van der Waals surface area contributed by atoms with E-state index in [1.54, 1.807) is 18.2 Å². The minimum atomic E-state index is -4.52. The summed E-state index contributed by atoms with van der Waals surface area (Å²) in [7, 11) is 2.77. The smallest absolute Gasteiger partial charge is 0.416 e. The van der Waals surface area contributed by atoms with Gasteiger partial charge in [0.05, 0.1) is 30.5 Å². The van der Waals surface area contributed by atoms with Crippen molar-refractivity contribution >= 4 is 23.2 Å². The third kappa shape index (κ3) is 3.73. The van der Waals surface area contributed by atoms with Crippen molar-refractivity contribution in [3.05, 3.63) is 52.5 Å². The number of halogens is 4. The summed E-state index contributed by atoms with van der Waals surface area (Å²) in [5.74, 6) is -0.101. The Morgan fingerprint density at radius 1 is 1.08 bits per heavy atom. The highest BCUT2D eigenvalue weighted by molar-refractivity contribution is 6.34. The van der Waals surface area contributed by atoms with Gasteiger partial charge < -0.3 is 14.8 Å². The second-order valence-electron chi connectivity index (χ2n) is 4.68. The molecule has 8 heteroatoms. The molecule has 0 aliphatic heterocycles. The van der Waals surface area contributed by atoms with Crippen molar-refractivity contribution in [1.29, 1.82) is 0 Å². The van der Waals surface area contributed by atoms with Gasteiger partial charge in [-0.3, -0.25) is 4.79 Å². The Kier molecular flexibility index (Phi) is 5.23. The van der Waals surface area contributed by atoms with E-state index >= 15 is 0 Å². The van der Waals surface area contributed by atoms with E-state index in [1.807, 2.05) is 0 Å². The number of hydrogen-bond donors (Lipinski definition) is 1. The molecular weight excluding hydrogens is 347 g/mol. The lowest BCUT2D eigenvalue weighted by Crippen LogP contribution is -2.15. The molecule has 1 N–H and O–H groups in total. The molecular formula is C16H13ClF3NO3. The molecule has 2 aromatic carbocycles. The van der Waals surface area contributed by atoms with Crippen LogP contribution in [0.2, 0.25) is 5.02 Å². The lowest BCUT2D eigenvalue weighted by atomic mass is 10.1. The van der Waals surface area contributed by atoms with Crippen LogP contribution in [0.3, 0.4) is 0 Å². The van der Waals surface area contributed by atoms with E-state index in [-0.39, 0.29) is 27.8 Å². The van der Waals surface area contributed by atoms with Crippen molar-refractivity contribution in [3.8, 4) is 11.5 Å². The van der Waals surface area contributed by atoms with Crippen LogP contribution in [0.1, 0.15) is 15.9 Å². The molecule has 24 heavy (non-hydrogen) atoms. The SMILES string of the molecule is COc1cccc(OC)c1C(=O)Nc1ccc(C(F)(F)F)cc1Cl. The number of methoxy groups -OCH3 is 2. The summed E-state index contributed by atoms with van der Waals surface area (Å²) in [5, 5.41) is 2.23. The summed E-state index contributed by atoms with van der Waals surface area (Å²) in [5.41, 5.74) is -0.749. The maximum atomic E-state index is 12.6. The average Bonchev–Trinajstić information content (AvgIpc) is 2.54. The minimum Gasteiger partial charge on any atom is -0.496 e. The zero-order valence-corrected chi connectivity index (χ0v) is 13.5. The van der Waals surface area contributed by atoms with Crippen molar-refractivity contribution in [2.24, 2.45) is 0 Å². The Hall–Kier alpha value is -2.41. The molecule has 0 fully saturated rings. The zero-order valence-electron chi connectivity index (χ0n) is 12.7. The zero-order chi connectivity index (χ0) is 17.9. The Morgan fingerprint density at radius 3 is 2.12 bits per heavy atom. The van der Waals surface area contributed by atoms with Gasteiger partial charge in [0.1, 0.15) is 17.1 Å². The Morgan fingerprint density at radius 2 is 1.67 bits per heavy atom. The monoisotopic (exact) mass is 359 g/mol. The van der Waals surface area contributed by atoms with Crippen molar-refractivity contribution in [2.75, 3.05) is 19.5 Å². The van der Waals surface area contributed by atoms with Crippen molar-refractivity contribution in [3.63, 3.8) is 0 Å². The number of hydrogen-bond acceptors (Lipinski definition) is 3. The second kappa shape index (κ2) is 7.00. The molecule has 0 bridgehead atoms. The topological polar surface area (TPSA) is 47.6 Å². The molecule has 2 rings (SSSR count). The molecule has 128 valence electrons. The normalized spacial score (nSPS) is 11.1. The van der Waals surface area contributed by atoms with E-state index in [9.17, 15) is 18.0 Å². The number of amides is 1. The van der Waals surface area contributed by atoms with E-state index in [0.717, 1.165) is 18.2 Å². The van der Waals surface area contributed by atoms with Gasteiger partial charge in [0, 0.05) is 0 Å². The van der Waals surface area contributed by atoms with Crippen LogP contribution in [0.4, 0.5) is 18.9 Å². The maximum absolute atomic E-state index is 12.6. The van der Waals surface area contributed by atoms with Gasteiger partial charge in [-0.05, 0) is 30.3 Å². The van der Waals surface area contributed by atoms with Gasteiger partial charge in [-0.1, -0.05) is 17.7 Å². The third-order valence-corrected chi connectivity index (χ3v) is 3.51. The lowest BCUT2D eigenvalue weighted by Gasteiger charge is -2.14. The molecule has 0 saturated heterocycles. The number of ether oxygens (including phenoxy) is 2. The second-order valence-corrected chi connectivity index (χ2v) is 5.09. The van der Waals surface area contributed by atoms with Crippen LogP contribution in [-0.2, 0) is 6.18 Å². The van der Waals surface area contributed by atoms with Crippen LogP contribution in [0.25, 0.3) is 0 Å². The molecule has 0 aliphatic carbocycles. The van der Waals surface area contributed by atoms with Gasteiger partial charge in [-0.25, -0.2) is 0 Å². The number of anilines is 1. The van der Waals surface area contributed by atoms with Crippen molar-refractivity contribution in [1.82, 2.24) is 0 Å². The number of carbonyl (C=O) groups is 1. The molecule has 0 atom stereocenters. The number of rotatable bonds is 4. The highest BCUT2D eigenvalue weighted by Gasteiger charge is 2.31. The van der Waals surface area contributed by atoms with Crippen molar-refractivity contribution in [2.45, 2.75) is 6.18 Å². The summed E-state index contributed by atoms with van der Waals surface area (Å²) >= 11 is 5.84. The van der Waals surface area contributed by atoms with E-state index in [2.05, 4.69) is 5.32 Å². The van der Waals surface area contributed by atoms with E-state index < -0.39 is 17.6 Å². The summed E-state index contributed by atoms with van der Waals surface area (Å²) in [6, 6.07) is 7.43. The average molecular weight is 360 g/mol.